The quantitative estimate of drug-likeness (QED) is 0.819. The second-order valence-corrected chi connectivity index (χ2v) is 7.86. The Kier molecular flexibility index (Phi) is 3.59. The topological polar surface area (TPSA) is 75.3 Å². The standard InChI is InChI=1S/C19H24N2O3/c1-12-7-5-6-8-13(12)15(23)20-21-16(24)19-10-9-18(4,14(22)11-19)17(19,2)3/h5-8H,9-11H2,1-4H3,(H,20,23)(H,21,24). The molecule has 1 aromatic rings. The van der Waals surface area contributed by atoms with Gasteiger partial charge in [0.25, 0.3) is 5.91 Å². The molecule has 128 valence electrons. The second kappa shape index (κ2) is 5.16. The van der Waals surface area contributed by atoms with Crippen LogP contribution in [-0.4, -0.2) is 17.6 Å². The molecule has 2 N–H and O–H groups in total. The maximum absolute atomic E-state index is 12.9. The fourth-order valence-corrected chi connectivity index (χ4v) is 4.49. The number of rotatable bonds is 2. The van der Waals surface area contributed by atoms with E-state index in [4.69, 9.17) is 0 Å². The van der Waals surface area contributed by atoms with Crippen LogP contribution in [0.4, 0.5) is 0 Å². The molecule has 2 bridgehead atoms. The Morgan fingerprint density at radius 3 is 2.25 bits per heavy atom. The molecular formula is C19H24N2O3. The summed E-state index contributed by atoms with van der Waals surface area (Å²) in [6.45, 7) is 7.79. The van der Waals surface area contributed by atoms with E-state index in [1.54, 1.807) is 12.1 Å². The molecule has 3 rings (SSSR count). The molecule has 0 aliphatic heterocycles. The third-order valence-electron chi connectivity index (χ3n) is 6.82. The fourth-order valence-electron chi connectivity index (χ4n) is 4.49. The van der Waals surface area contributed by atoms with Crippen LogP contribution in [-0.2, 0) is 9.59 Å². The van der Waals surface area contributed by atoms with Gasteiger partial charge < -0.3 is 0 Å². The molecule has 2 saturated carbocycles. The van der Waals surface area contributed by atoms with Gasteiger partial charge >= 0.3 is 0 Å². The van der Waals surface area contributed by atoms with E-state index in [0.29, 0.717) is 12.0 Å². The Morgan fingerprint density at radius 1 is 1.04 bits per heavy atom. The summed E-state index contributed by atoms with van der Waals surface area (Å²) in [5.74, 6) is -0.455. The monoisotopic (exact) mass is 328 g/mol. The van der Waals surface area contributed by atoms with E-state index in [2.05, 4.69) is 10.9 Å². The molecule has 2 atom stereocenters. The van der Waals surface area contributed by atoms with E-state index in [-0.39, 0.29) is 24.0 Å². The van der Waals surface area contributed by atoms with E-state index >= 15 is 0 Å². The van der Waals surface area contributed by atoms with Crippen LogP contribution >= 0.6 is 0 Å². The average Bonchev–Trinajstić information content (AvgIpc) is 2.83. The van der Waals surface area contributed by atoms with Crippen LogP contribution in [0.1, 0.15) is 56.0 Å². The highest BCUT2D eigenvalue weighted by molar-refractivity contribution is 6.01. The SMILES string of the molecule is Cc1ccccc1C(=O)NNC(=O)C12CCC(C)(C(=O)C1)C2(C)C. The van der Waals surface area contributed by atoms with Crippen molar-refractivity contribution in [3.05, 3.63) is 35.4 Å². The van der Waals surface area contributed by atoms with Crippen molar-refractivity contribution in [3.63, 3.8) is 0 Å². The van der Waals surface area contributed by atoms with Crippen LogP contribution in [0.25, 0.3) is 0 Å². The minimum atomic E-state index is -0.738. The third kappa shape index (κ3) is 1.96. The molecular weight excluding hydrogens is 304 g/mol. The summed E-state index contributed by atoms with van der Waals surface area (Å²) in [7, 11) is 0. The summed E-state index contributed by atoms with van der Waals surface area (Å²) in [5, 5.41) is 0. The summed E-state index contributed by atoms with van der Waals surface area (Å²) in [6, 6.07) is 7.20. The number of Topliss-reactive ketones (excluding diaryl/α,β-unsaturated/α-hetero) is 1. The number of nitrogens with one attached hydrogen (secondary N) is 2. The predicted molar refractivity (Wildman–Crippen MR) is 90.0 cm³/mol. The Labute approximate surface area is 142 Å². The molecule has 2 aliphatic carbocycles. The van der Waals surface area contributed by atoms with Crippen LogP contribution in [0, 0.1) is 23.2 Å². The van der Waals surface area contributed by atoms with Crippen LogP contribution in [0.5, 0.6) is 0 Å². The van der Waals surface area contributed by atoms with Gasteiger partial charge in [-0.15, -0.1) is 0 Å². The van der Waals surface area contributed by atoms with Gasteiger partial charge in [-0.05, 0) is 36.8 Å². The van der Waals surface area contributed by atoms with Crippen molar-refractivity contribution in [2.75, 3.05) is 0 Å². The van der Waals surface area contributed by atoms with E-state index in [0.717, 1.165) is 12.0 Å². The lowest BCUT2D eigenvalue weighted by molar-refractivity contribution is -0.137. The lowest BCUT2D eigenvalue weighted by Crippen LogP contribution is -2.52. The second-order valence-electron chi connectivity index (χ2n) is 7.86. The lowest BCUT2D eigenvalue weighted by Gasteiger charge is -2.38. The summed E-state index contributed by atoms with van der Waals surface area (Å²) in [5.41, 5.74) is 4.83. The first-order chi connectivity index (χ1) is 11.2. The third-order valence-corrected chi connectivity index (χ3v) is 6.82. The number of aryl methyl sites for hydroxylation is 1. The fraction of sp³-hybridized carbons (Fsp3) is 0.526. The maximum atomic E-state index is 12.9. The van der Waals surface area contributed by atoms with Crippen molar-refractivity contribution in [2.24, 2.45) is 16.2 Å². The van der Waals surface area contributed by atoms with Gasteiger partial charge in [0.05, 0.1) is 5.41 Å². The Bertz CT molecular complexity index is 740. The van der Waals surface area contributed by atoms with Crippen LogP contribution in [0.3, 0.4) is 0 Å². The number of amides is 2. The smallest absolute Gasteiger partial charge is 0.269 e. The van der Waals surface area contributed by atoms with Crippen LogP contribution in [0.2, 0.25) is 0 Å². The maximum Gasteiger partial charge on any atom is 0.269 e. The van der Waals surface area contributed by atoms with Gasteiger partial charge in [-0.2, -0.15) is 0 Å². The normalized spacial score (nSPS) is 30.2. The number of hydrogen-bond acceptors (Lipinski definition) is 3. The number of benzene rings is 1. The molecule has 0 heterocycles. The van der Waals surface area contributed by atoms with Gasteiger partial charge in [0.2, 0.25) is 5.91 Å². The highest BCUT2D eigenvalue weighted by atomic mass is 16.2. The Morgan fingerprint density at radius 2 is 1.71 bits per heavy atom. The molecule has 2 fully saturated rings. The summed E-state index contributed by atoms with van der Waals surface area (Å²) < 4.78 is 0. The Balaban J connectivity index is 1.76. The predicted octanol–water partition coefficient (Wildman–Crippen LogP) is 2.54. The first-order valence-corrected chi connectivity index (χ1v) is 8.35. The van der Waals surface area contributed by atoms with Gasteiger partial charge in [0, 0.05) is 17.4 Å². The number of hydrogen-bond donors (Lipinski definition) is 2. The number of hydrazine groups is 1. The van der Waals surface area contributed by atoms with Gasteiger partial charge in [-0.3, -0.25) is 25.2 Å². The average molecular weight is 328 g/mol. The zero-order valence-electron chi connectivity index (χ0n) is 14.7. The lowest BCUT2D eigenvalue weighted by atomic mass is 9.64. The molecule has 1 aromatic carbocycles. The van der Waals surface area contributed by atoms with Crippen molar-refractivity contribution in [3.8, 4) is 0 Å². The van der Waals surface area contributed by atoms with Gasteiger partial charge in [0.15, 0.2) is 0 Å². The molecule has 5 nitrogen and oxygen atoms in total. The van der Waals surface area contributed by atoms with Crippen molar-refractivity contribution in [1.82, 2.24) is 10.9 Å². The highest BCUT2D eigenvalue weighted by Gasteiger charge is 2.72. The minimum absolute atomic E-state index is 0.152. The molecule has 0 radical (unpaired) electrons. The van der Waals surface area contributed by atoms with Crippen LogP contribution in [0.15, 0.2) is 24.3 Å². The summed E-state index contributed by atoms with van der Waals surface area (Å²) in [4.78, 5) is 37.6. The van der Waals surface area contributed by atoms with Crippen molar-refractivity contribution in [1.29, 1.82) is 0 Å². The van der Waals surface area contributed by atoms with Crippen molar-refractivity contribution >= 4 is 17.6 Å². The Hall–Kier alpha value is -2.17. The molecule has 0 aromatic heterocycles. The molecule has 2 amide bonds. The van der Waals surface area contributed by atoms with Crippen molar-refractivity contribution in [2.45, 2.75) is 47.0 Å². The van der Waals surface area contributed by atoms with E-state index in [9.17, 15) is 14.4 Å². The number of ketones is 1. The number of carbonyl (C=O) groups excluding carboxylic acids is 3. The van der Waals surface area contributed by atoms with E-state index in [1.807, 2.05) is 39.8 Å². The van der Waals surface area contributed by atoms with Crippen molar-refractivity contribution < 1.29 is 14.4 Å². The molecule has 2 aliphatic rings. The zero-order chi connectivity index (χ0) is 17.8. The zero-order valence-corrected chi connectivity index (χ0v) is 14.7. The molecule has 24 heavy (non-hydrogen) atoms. The van der Waals surface area contributed by atoms with Gasteiger partial charge in [-0.1, -0.05) is 39.0 Å². The van der Waals surface area contributed by atoms with Gasteiger partial charge in [0.1, 0.15) is 5.78 Å². The molecule has 5 heteroatoms. The summed E-state index contributed by atoms with van der Waals surface area (Å²) in [6.07, 6.45) is 1.65. The van der Waals surface area contributed by atoms with Gasteiger partial charge in [-0.25, -0.2) is 0 Å². The highest BCUT2D eigenvalue weighted by Crippen LogP contribution is 2.70. The number of carbonyl (C=O) groups is 3. The first kappa shape index (κ1) is 16.7. The van der Waals surface area contributed by atoms with Crippen LogP contribution < -0.4 is 10.9 Å². The summed E-state index contributed by atoms with van der Waals surface area (Å²) >= 11 is 0. The van der Waals surface area contributed by atoms with E-state index < -0.39 is 16.2 Å². The first-order valence-electron chi connectivity index (χ1n) is 8.35. The largest absolute Gasteiger partial charge is 0.299 e. The minimum Gasteiger partial charge on any atom is -0.299 e. The van der Waals surface area contributed by atoms with E-state index in [1.165, 1.54) is 0 Å². The molecule has 0 spiro atoms. The number of fused-ring (bicyclic) bond motifs is 2. The molecule has 2 unspecified atom stereocenters. The molecule has 0 saturated heterocycles.